The van der Waals surface area contributed by atoms with Crippen LogP contribution in [0.5, 0.6) is 0 Å². The van der Waals surface area contributed by atoms with Gasteiger partial charge in [-0.3, -0.25) is 0 Å². The van der Waals surface area contributed by atoms with E-state index in [9.17, 15) is 4.80 Å². The Hall–Kier alpha value is 0.394. The maximum Gasteiger partial charge on any atom is 0.164 e. The minimum atomic E-state index is -1.56. The van der Waals surface area contributed by atoms with Crippen LogP contribution >= 0.6 is 0 Å². The molecule has 0 saturated carbocycles. The summed E-state index contributed by atoms with van der Waals surface area (Å²) in [6.45, 7) is 4.32. The zero-order valence-electron chi connectivity index (χ0n) is 6.78. The van der Waals surface area contributed by atoms with Gasteiger partial charge in [0.15, 0.2) is 7.83 Å². The zero-order valence-corrected chi connectivity index (χ0v) is 9.78. The predicted octanol–water partition coefficient (Wildman–Crippen LogP) is 0.606. The Morgan fingerprint density at radius 1 is 1.22 bits per heavy atom. The average Bonchev–Trinajstić information content (AvgIpc) is 1.64. The van der Waals surface area contributed by atoms with Crippen LogP contribution in [0.1, 0.15) is 26.7 Å². The van der Waals surface area contributed by atoms with Gasteiger partial charge >= 0.3 is 0 Å². The summed E-state index contributed by atoms with van der Waals surface area (Å²) in [4.78, 5) is 9.72. The van der Waals surface area contributed by atoms with Crippen molar-refractivity contribution in [1.82, 2.24) is 0 Å². The molecule has 0 amide bonds. The van der Waals surface area contributed by atoms with Crippen molar-refractivity contribution in [1.29, 1.82) is 0 Å². The van der Waals surface area contributed by atoms with Crippen molar-refractivity contribution in [3.05, 3.63) is 0 Å². The lowest BCUT2D eigenvalue weighted by Crippen LogP contribution is -2.34. The summed E-state index contributed by atoms with van der Waals surface area (Å²) in [6.07, 6.45) is 2.35. The Balaban J connectivity index is 3.43. The summed E-state index contributed by atoms with van der Waals surface area (Å²) in [6, 6.07) is 2.26. The summed E-state index contributed by atoms with van der Waals surface area (Å²) in [7, 11) is -0.502. The second kappa shape index (κ2) is 4.25. The highest BCUT2D eigenvalue weighted by Crippen LogP contribution is 2.11. The van der Waals surface area contributed by atoms with Crippen molar-refractivity contribution in [3.63, 3.8) is 0 Å². The largest absolute Gasteiger partial charge is 0.435 e. The summed E-state index contributed by atoms with van der Waals surface area (Å²) in [5.41, 5.74) is 0. The van der Waals surface area contributed by atoms with E-state index in [1.54, 1.807) is 0 Å². The molecule has 0 radical (unpaired) electrons. The van der Waals surface area contributed by atoms with Gasteiger partial charge in [0.1, 0.15) is 0 Å². The van der Waals surface area contributed by atoms with Gasteiger partial charge < -0.3 is 4.80 Å². The van der Waals surface area contributed by atoms with E-state index in [2.05, 4.69) is 13.8 Å². The van der Waals surface area contributed by atoms with E-state index in [0.29, 0.717) is 0 Å². The van der Waals surface area contributed by atoms with Gasteiger partial charge in [-0.1, -0.05) is 26.7 Å². The first-order valence-electron chi connectivity index (χ1n) is 3.84. The Morgan fingerprint density at radius 3 is 1.78 bits per heavy atom. The van der Waals surface area contributed by atoms with Gasteiger partial charge in [-0.05, 0) is 12.1 Å². The maximum atomic E-state index is 9.72. The van der Waals surface area contributed by atoms with Crippen molar-refractivity contribution in [2.75, 3.05) is 0 Å². The smallest absolute Gasteiger partial charge is 0.164 e. The van der Waals surface area contributed by atoms with E-state index in [1.165, 1.54) is 12.8 Å². The van der Waals surface area contributed by atoms with Gasteiger partial charge in [-0.2, -0.15) is 0 Å². The first kappa shape index (κ1) is 9.39. The summed E-state index contributed by atoms with van der Waals surface area (Å²) < 4.78 is 0. The first-order chi connectivity index (χ1) is 4.12. The van der Waals surface area contributed by atoms with Crippen LogP contribution in [-0.4, -0.2) is 22.4 Å². The SMILES string of the molecule is CCC[Si](O)([SiH3])CCC. The molecule has 0 unspecified atom stereocenters. The highest BCUT2D eigenvalue weighted by Gasteiger charge is 2.20. The first-order valence-corrected chi connectivity index (χ1v) is 9.71. The molecule has 0 bridgehead atoms. The molecule has 9 heavy (non-hydrogen) atoms. The molecule has 0 aliphatic carbocycles. The number of rotatable bonds is 4. The lowest BCUT2D eigenvalue weighted by Gasteiger charge is -2.17. The molecule has 0 saturated heterocycles. The molecule has 3 heteroatoms. The molecule has 0 aromatic carbocycles. The molecule has 0 rings (SSSR count). The molecule has 0 aromatic heterocycles. The molecule has 0 spiro atoms. The van der Waals surface area contributed by atoms with Crippen LogP contribution in [0.3, 0.4) is 0 Å². The van der Waals surface area contributed by atoms with E-state index < -0.39 is 7.83 Å². The Morgan fingerprint density at radius 2 is 1.56 bits per heavy atom. The third-order valence-electron chi connectivity index (χ3n) is 1.58. The van der Waals surface area contributed by atoms with Crippen LogP contribution in [-0.2, 0) is 0 Å². The van der Waals surface area contributed by atoms with Crippen LogP contribution < -0.4 is 0 Å². The zero-order chi connectivity index (χ0) is 7.33. The van der Waals surface area contributed by atoms with Gasteiger partial charge in [0.25, 0.3) is 0 Å². The molecule has 1 N–H and O–H groups in total. The summed E-state index contributed by atoms with van der Waals surface area (Å²) in [5.74, 6) is 0. The molecule has 1 nitrogen and oxygen atoms in total. The standard InChI is InChI=1S/C6H18OSi2/c1-3-5-9(7,8)6-4-2/h7H,3-6H2,1-2,8H3. The molecule has 0 aliphatic rings. The normalized spacial score (nSPS) is 12.3. The van der Waals surface area contributed by atoms with E-state index in [1.807, 2.05) is 0 Å². The van der Waals surface area contributed by atoms with E-state index in [0.717, 1.165) is 21.8 Å². The quantitative estimate of drug-likeness (QED) is 0.601. The van der Waals surface area contributed by atoms with Crippen LogP contribution in [0, 0.1) is 0 Å². The van der Waals surface area contributed by atoms with Crippen molar-refractivity contribution in [3.8, 4) is 0 Å². The van der Waals surface area contributed by atoms with E-state index in [4.69, 9.17) is 0 Å². The molecular weight excluding hydrogens is 144 g/mol. The van der Waals surface area contributed by atoms with Crippen LogP contribution in [0.2, 0.25) is 12.1 Å². The lowest BCUT2D eigenvalue weighted by atomic mass is 10.6. The fraction of sp³-hybridized carbons (Fsp3) is 1.00. The maximum absolute atomic E-state index is 9.72. The lowest BCUT2D eigenvalue weighted by molar-refractivity contribution is 0.549. The monoisotopic (exact) mass is 162 g/mol. The Labute approximate surface area is 61.8 Å². The number of hydrogen-bond donors (Lipinski definition) is 1. The summed E-state index contributed by atoms with van der Waals surface area (Å²) >= 11 is 0. The van der Waals surface area contributed by atoms with Gasteiger partial charge in [-0.25, -0.2) is 0 Å². The molecule has 0 atom stereocenters. The topological polar surface area (TPSA) is 20.2 Å². The van der Waals surface area contributed by atoms with Crippen molar-refractivity contribution < 1.29 is 4.80 Å². The Bertz CT molecular complexity index is 65.5. The third-order valence-corrected chi connectivity index (χ3v) is 7.73. The van der Waals surface area contributed by atoms with Gasteiger partial charge in [-0.15, -0.1) is 0 Å². The van der Waals surface area contributed by atoms with Crippen LogP contribution in [0.25, 0.3) is 0 Å². The van der Waals surface area contributed by atoms with Crippen molar-refractivity contribution in [2.45, 2.75) is 38.8 Å². The minimum Gasteiger partial charge on any atom is -0.435 e. The fourth-order valence-electron chi connectivity index (χ4n) is 1.20. The van der Waals surface area contributed by atoms with E-state index in [-0.39, 0.29) is 0 Å². The van der Waals surface area contributed by atoms with Crippen molar-refractivity contribution in [2.24, 2.45) is 0 Å². The molecule has 56 valence electrons. The predicted molar refractivity (Wildman–Crippen MR) is 48.1 cm³/mol. The van der Waals surface area contributed by atoms with Gasteiger partial charge in [0, 0.05) is 9.76 Å². The van der Waals surface area contributed by atoms with Crippen molar-refractivity contribution >= 4 is 17.6 Å². The average molecular weight is 162 g/mol. The highest BCUT2D eigenvalue weighted by atomic mass is 29.2. The fourth-order valence-corrected chi connectivity index (χ4v) is 6.61. The third kappa shape index (κ3) is 4.87. The minimum absolute atomic E-state index is 1.06. The molecule has 0 aliphatic heterocycles. The summed E-state index contributed by atoms with van der Waals surface area (Å²) in [5, 5.41) is 0. The molecule has 0 fully saturated rings. The van der Waals surface area contributed by atoms with E-state index >= 15 is 0 Å². The number of hydrogen-bond acceptors (Lipinski definition) is 1. The second-order valence-corrected chi connectivity index (χ2v) is 12.6. The molecule has 0 heterocycles. The van der Waals surface area contributed by atoms with Gasteiger partial charge in [0.2, 0.25) is 0 Å². The Kier molecular flexibility index (Phi) is 4.43. The van der Waals surface area contributed by atoms with Crippen LogP contribution in [0.4, 0.5) is 0 Å². The second-order valence-electron chi connectivity index (χ2n) is 3.00. The van der Waals surface area contributed by atoms with Crippen LogP contribution in [0.15, 0.2) is 0 Å². The molecule has 0 aromatic rings. The highest BCUT2D eigenvalue weighted by molar-refractivity contribution is 7.12. The van der Waals surface area contributed by atoms with Gasteiger partial charge in [0.05, 0.1) is 0 Å². The molecular formula is C6H18OSi2.